The maximum Gasteiger partial charge on any atom is 0.137 e. The number of aryl methyl sites for hydroxylation is 4. The summed E-state index contributed by atoms with van der Waals surface area (Å²) in [5, 5.41) is 1.39. The molecule has 16 heavy (non-hydrogen) atoms. The topological polar surface area (TPSA) is 13.1 Å². The van der Waals surface area contributed by atoms with E-state index >= 15 is 0 Å². The van der Waals surface area contributed by atoms with Gasteiger partial charge in [0.1, 0.15) is 11.3 Å². The molecule has 0 saturated heterocycles. The zero-order valence-electron chi connectivity index (χ0n) is 10.1. The third-order valence-electron chi connectivity index (χ3n) is 3.60. The summed E-state index contributed by atoms with van der Waals surface area (Å²) in [6, 6.07) is 4.61. The van der Waals surface area contributed by atoms with Gasteiger partial charge in [-0.15, -0.1) is 0 Å². The van der Waals surface area contributed by atoms with Crippen LogP contribution in [0.4, 0.5) is 0 Å². The van der Waals surface area contributed by atoms with Crippen LogP contribution in [0.3, 0.4) is 0 Å². The first-order valence-electron chi connectivity index (χ1n) is 6.33. The van der Waals surface area contributed by atoms with E-state index in [0.717, 1.165) is 17.8 Å². The van der Waals surface area contributed by atoms with Crippen LogP contribution in [0.2, 0.25) is 0 Å². The normalized spacial score (nSPS) is 14.6. The second-order valence-electron chi connectivity index (χ2n) is 4.88. The summed E-state index contributed by atoms with van der Waals surface area (Å²) >= 11 is 0. The lowest BCUT2D eigenvalue weighted by molar-refractivity contribution is 0.574. The monoisotopic (exact) mass is 214 g/mol. The maximum absolute atomic E-state index is 5.88. The van der Waals surface area contributed by atoms with Gasteiger partial charge < -0.3 is 4.42 Å². The Labute approximate surface area is 96.5 Å². The molecule has 0 N–H and O–H groups in total. The lowest BCUT2D eigenvalue weighted by atomic mass is 9.99. The highest BCUT2D eigenvalue weighted by atomic mass is 16.3. The van der Waals surface area contributed by atoms with E-state index in [1.54, 1.807) is 11.1 Å². The molecular weight excluding hydrogens is 196 g/mol. The Morgan fingerprint density at radius 1 is 1.25 bits per heavy atom. The van der Waals surface area contributed by atoms with Crippen LogP contribution < -0.4 is 0 Å². The lowest BCUT2D eigenvalue weighted by Gasteiger charge is -2.06. The minimum absolute atomic E-state index is 1.05. The molecule has 1 aliphatic carbocycles. The molecule has 0 amide bonds. The number of benzene rings is 1. The summed E-state index contributed by atoms with van der Waals surface area (Å²) in [5.74, 6) is 1.05. The van der Waals surface area contributed by atoms with Crippen molar-refractivity contribution < 1.29 is 4.42 Å². The number of fused-ring (bicyclic) bond motifs is 3. The smallest absolute Gasteiger partial charge is 0.137 e. The molecule has 2 aromatic rings. The summed E-state index contributed by atoms with van der Waals surface area (Å²) in [6.45, 7) is 4.28. The van der Waals surface area contributed by atoms with Crippen LogP contribution in [0.1, 0.15) is 42.2 Å². The molecule has 0 aliphatic heterocycles. The van der Waals surface area contributed by atoms with E-state index in [-0.39, 0.29) is 0 Å². The Morgan fingerprint density at radius 3 is 2.94 bits per heavy atom. The Morgan fingerprint density at radius 2 is 2.12 bits per heavy atom. The van der Waals surface area contributed by atoms with Gasteiger partial charge in [0.25, 0.3) is 0 Å². The van der Waals surface area contributed by atoms with Gasteiger partial charge in [-0.25, -0.2) is 0 Å². The van der Waals surface area contributed by atoms with Crippen molar-refractivity contribution in [3.63, 3.8) is 0 Å². The van der Waals surface area contributed by atoms with Gasteiger partial charge in [0, 0.05) is 5.39 Å². The number of rotatable bonds is 2. The number of hydrogen-bond donors (Lipinski definition) is 0. The van der Waals surface area contributed by atoms with E-state index in [1.165, 1.54) is 36.6 Å². The number of hydrogen-bond acceptors (Lipinski definition) is 1. The van der Waals surface area contributed by atoms with Crippen molar-refractivity contribution in [3.05, 3.63) is 34.6 Å². The van der Waals surface area contributed by atoms with E-state index < -0.39 is 0 Å². The van der Waals surface area contributed by atoms with Gasteiger partial charge >= 0.3 is 0 Å². The Kier molecular flexibility index (Phi) is 2.27. The average Bonchev–Trinajstić information content (AvgIpc) is 2.83. The van der Waals surface area contributed by atoms with Crippen molar-refractivity contribution in [1.82, 2.24) is 0 Å². The standard InChI is InChI=1S/C15H18O/c1-3-5-12-9-11-6-4-7-13(11)14-8-10(2)16-15(12)14/h8-9H,3-7H2,1-2H3. The number of furan rings is 1. The van der Waals surface area contributed by atoms with E-state index in [4.69, 9.17) is 4.42 Å². The molecule has 3 rings (SSSR count). The Balaban J connectivity index is 2.30. The van der Waals surface area contributed by atoms with Crippen LogP contribution in [-0.4, -0.2) is 0 Å². The van der Waals surface area contributed by atoms with Gasteiger partial charge in [0.05, 0.1) is 0 Å². The SMILES string of the molecule is CCCc1cc2c(c3cc(C)oc13)CCC2. The lowest BCUT2D eigenvalue weighted by Crippen LogP contribution is -1.90. The first-order valence-corrected chi connectivity index (χ1v) is 6.33. The van der Waals surface area contributed by atoms with E-state index in [0.29, 0.717) is 0 Å². The molecular formula is C15H18O. The summed E-state index contributed by atoms with van der Waals surface area (Å²) in [4.78, 5) is 0. The van der Waals surface area contributed by atoms with E-state index in [1.807, 2.05) is 0 Å². The molecule has 1 heteroatoms. The molecule has 0 unspecified atom stereocenters. The van der Waals surface area contributed by atoms with Crippen LogP contribution in [0.5, 0.6) is 0 Å². The first-order chi connectivity index (χ1) is 7.79. The van der Waals surface area contributed by atoms with Crippen LogP contribution >= 0.6 is 0 Å². The molecule has 0 bridgehead atoms. The van der Waals surface area contributed by atoms with Crippen LogP contribution in [-0.2, 0) is 19.3 Å². The highest BCUT2D eigenvalue weighted by Crippen LogP contribution is 2.34. The van der Waals surface area contributed by atoms with Crippen molar-refractivity contribution in [1.29, 1.82) is 0 Å². The fourth-order valence-electron chi connectivity index (χ4n) is 2.94. The van der Waals surface area contributed by atoms with Gasteiger partial charge in [-0.1, -0.05) is 19.4 Å². The van der Waals surface area contributed by atoms with Crippen molar-refractivity contribution in [2.24, 2.45) is 0 Å². The van der Waals surface area contributed by atoms with Gasteiger partial charge in [-0.2, -0.15) is 0 Å². The van der Waals surface area contributed by atoms with Gasteiger partial charge in [0.2, 0.25) is 0 Å². The van der Waals surface area contributed by atoms with Crippen molar-refractivity contribution >= 4 is 11.0 Å². The fraction of sp³-hybridized carbons (Fsp3) is 0.467. The average molecular weight is 214 g/mol. The predicted octanol–water partition coefficient (Wildman–Crippen LogP) is 4.18. The molecule has 1 nitrogen and oxygen atoms in total. The minimum Gasteiger partial charge on any atom is -0.461 e. The molecule has 0 atom stereocenters. The molecule has 0 radical (unpaired) electrons. The molecule has 0 fully saturated rings. The van der Waals surface area contributed by atoms with Crippen molar-refractivity contribution in [2.45, 2.75) is 46.0 Å². The molecule has 1 aliphatic rings. The zero-order valence-corrected chi connectivity index (χ0v) is 10.1. The summed E-state index contributed by atoms with van der Waals surface area (Å²) in [5.41, 5.74) is 5.68. The van der Waals surface area contributed by atoms with Crippen LogP contribution in [0, 0.1) is 6.92 Å². The molecule has 0 saturated carbocycles. The Bertz CT molecular complexity index is 534. The third-order valence-corrected chi connectivity index (χ3v) is 3.60. The summed E-state index contributed by atoms with van der Waals surface area (Å²) in [6.07, 6.45) is 6.12. The molecule has 84 valence electrons. The third kappa shape index (κ3) is 1.38. The first kappa shape index (κ1) is 9.95. The van der Waals surface area contributed by atoms with Gasteiger partial charge in [0.15, 0.2) is 0 Å². The summed E-state index contributed by atoms with van der Waals surface area (Å²) < 4.78 is 5.88. The predicted molar refractivity (Wildman–Crippen MR) is 67.0 cm³/mol. The van der Waals surface area contributed by atoms with Crippen molar-refractivity contribution in [2.75, 3.05) is 0 Å². The fourth-order valence-corrected chi connectivity index (χ4v) is 2.94. The van der Waals surface area contributed by atoms with Crippen molar-refractivity contribution in [3.8, 4) is 0 Å². The maximum atomic E-state index is 5.88. The van der Waals surface area contributed by atoms with E-state index in [2.05, 4.69) is 26.0 Å². The minimum atomic E-state index is 1.05. The van der Waals surface area contributed by atoms with Gasteiger partial charge in [-0.05, 0) is 55.4 Å². The Hall–Kier alpha value is -1.24. The molecule has 1 aromatic heterocycles. The van der Waals surface area contributed by atoms with Gasteiger partial charge in [-0.3, -0.25) is 0 Å². The second-order valence-corrected chi connectivity index (χ2v) is 4.88. The van der Waals surface area contributed by atoms with Crippen LogP contribution in [0.15, 0.2) is 16.5 Å². The molecule has 1 heterocycles. The zero-order chi connectivity index (χ0) is 11.1. The van der Waals surface area contributed by atoms with E-state index in [9.17, 15) is 0 Å². The molecule has 1 aromatic carbocycles. The summed E-state index contributed by atoms with van der Waals surface area (Å²) in [7, 11) is 0. The second kappa shape index (κ2) is 3.65. The van der Waals surface area contributed by atoms with Crippen LogP contribution in [0.25, 0.3) is 11.0 Å². The highest BCUT2D eigenvalue weighted by Gasteiger charge is 2.18. The quantitative estimate of drug-likeness (QED) is 0.730. The molecule has 0 spiro atoms. The largest absolute Gasteiger partial charge is 0.461 e. The highest BCUT2D eigenvalue weighted by molar-refractivity contribution is 5.86.